The van der Waals surface area contributed by atoms with E-state index in [4.69, 9.17) is 19.2 Å². The average molecular weight is 571 g/mol. The van der Waals surface area contributed by atoms with Gasteiger partial charge >= 0.3 is 0 Å². The van der Waals surface area contributed by atoms with Crippen LogP contribution < -0.4 is 10.1 Å². The van der Waals surface area contributed by atoms with Gasteiger partial charge in [0.1, 0.15) is 41.1 Å². The summed E-state index contributed by atoms with van der Waals surface area (Å²) in [7, 11) is 1.93. The van der Waals surface area contributed by atoms with Crippen molar-refractivity contribution in [1.82, 2.24) is 29.6 Å². The lowest BCUT2D eigenvalue weighted by atomic mass is 9.94. The van der Waals surface area contributed by atoms with Crippen LogP contribution in [0.3, 0.4) is 0 Å². The van der Waals surface area contributed by atoms with Crippen LogP contribution in [0, 0.1) is 11.6 Å². The second kappa shape index (κ2) is 10.0. The number of imidazole rings is 1. The first-order valence-electron chi connectivity index (χ1n) is 13.7. The Morgan fingerprint density at radius 2 is 1.95 bits per heavy atom. The molecule has 0 fully saturated rings. The van der Waals surface area contributed by atoms with Crippen LogP contribution >= 0.6 is 0 Å². The van der Waals surface area contributed by atoms with E-state index in [1.54, 1.807) is 12.4 Å². The fourth-order valence-corrected chi connectivity index (χ4v) is 5.75. The number of hydrogen-bond acceptors (Lipinski definition) is 7. The van der Waals surface area contributed by atoms with E-state index < -0.39 is 11.6 Å². The molecule has 11 heteroatoms. The zero-order valence-electron chi connectivity index (χ0n) is 23.2. The van der Waals surface area contributed by atoms with Crippen molar-refractivity contribution in [2.75, 3.05) is 19.8 Å². The number of furan rings is 1. The molecule has 214 valence electrons. The third-order valence-electron chi connectivity index (χ3n) is 7.81. The smallest absolute Gasteiger partial charge is 0.160 e. The first-order valence-corrected chi connectivity index (χ1v) is 13.7. The molecule has 4 aromatic heterocycles. The molecule has 7 rings (SSSR count). The van der Waals surface area contributed by atoms with Crippen LogP contribution in [-0.4, -0.2) is 49.2 Å². The molecule has 6 aromatic rings. The van der Waals surface area contributed by atoms with Gasteiger partial charge in [0.25, 0.3) is 0 Å². The number of nitrogens with one attached hydrogen (secondary N) is 1. The van der Waals surface area contributed by atoms with Gasteiger partial charge in [-0.05, 0) is 38.1 Å². The summed E-state index contributed by atoms with van der Waals surface area (Å²) in [5.74, 6) is -1.68. The predicted molar refractivity (Wildman–Crippen MR) is 154 cm³/mol. The fraction of sp³-hybridized carbons (Fsp3) is 0.258. The van der Waals surface area contributed by atoms with Gasteiger partial charge in [0.05, 0.1) is 47.5 Å². The van der Waals surface area contributed by atoms with Gasteiger partial charge in [-0.3, -0.25) is 4.68 Å². The number of aliphatic hydroxyl groups excluding tert-OH is 1. The van der Waals surface area contributed by atoms with Crippen LogP contribution in [0.1, 0.15) is 31.6 Å². The number of hydrogen-bond donors (Lipinski definition) is 2. The van der Waals surface area contributed by atoms with E-state index in [2.05, 4.69) is 24.1 Å². The lowest BCUT2D eigenvalue weighted by molar-refractivity contribution is 0.201. The number of ether oxygens (including phenoxy) is 1. The Labute approximate surface area is 239 Å². The van der Waals surface area contributed by atoms with Crippen LogP contribution in [-0.2, 0) is 7.05 Å². The van der Waals surface area contributed by atoms with E-state index in [1.807, 2.05) is 40.6 Å². The quantitative estimate of drug-likeness (QED) is 0.261. The van der Waals surface area contributed by atoms with Crippen molar-refractivity contribution in [3.05, 3.63) is 72.4 Å². The summed E-state index contributed by atoms with van der Waals surface area (Å²) in [5, 5.41) is 18.4. The molecule has 1 aliphatic heterocycles. The summed E-state index contributed by atoms with van der Waals surface area (Å²) >= 11 is 0. The van der Waals surface area contributed by atoms with Gasteiger partial charge in [-0.2, -0.15) is 5.10 Å². The second-order valence-electron chi connectivity index (χ2n) is 10.6. The van der Waals surface area contributed by atoms with Crippen molar-refractivity contribution in [1.29, 1.82) is 0 Å². The number of nitrogens with zero attached hydrogens (tertiary/aromatic N) is 5. The van der Waals surface area contributed by atoms with Gasteiger partial charge in [0.2, 0.25) is 0 Å². The summed E-state index contributed by atoms with van der Waals surface area (Å²) in [6, 6.07) is 11.6. The monoisotopic (exact) mass is 570 g/mol. The zero-order valence-corrected chi connectivity index (χ0v) is 23.2. The molecule has 42 heavy (non-hydrogen) atoms. The maximum absolute atomic E-state index is 15.8. The molecule has 0 amide bonds. The maximum Gasteiger partial charge on any atom is 0.160 e. The van der Waals surface area contributed by atoms with E-state index in [0.29, 0.717) is 33.6 Å². The molecule has 2 aromatic carbocycles. The van der Waals surface area contributed by atoms with E-state index in [1.165, 1.54) is 6.26 Å². The Morgan fingerprint density at radius 1 is 1.10 bits per heavy atom. The first kappa shape index (κ1) is 26.3. The Kier molecular flexibility index (Phi) is 6.28. The molecule has 2 atom stereocenters. The lowest BCUT2D eigenvalue weighted by Crippen LogP contribution is -2.34. The number of rotatable bonds is 6. The van der Waals surface area contributed by atoms with Gasteiger partial charge in [0.15, 0.2) is 5.58 Å². The molecule has 0 spiro atoms. The molecule has 0 saturated carbocycles. The number of fused-ring (bicyclic) bond motifs is 3. The molecule has 5 heterocycles. The molecule has 0 radical (unpaired) electrons. The summed E-state index contributed by atoms with van der Waals surface area (Å²) in [6.45, 7) is 4.41. The Morgan fingerprint density at radius 3 is 2.76 bits per heavy atom. The third kappa shape index (κ3) is 4.15. The number of halogens is 2. The lowest BCUT2D eigenvalue weighted by Gasteiger charge is -2.27. The maximum atomic E-state index is 15.8. The summed E-state index contributed by atoms with van der Waals surface area (Å²) in [6.07, 6.45) is 3.26. The Hall–Kier alpha value is -4.61. The molecular weight excluding hydrogens is 542 g/mol. The minimum atomic E-state index is -0.830. The van der Waals surface area contributed by atoms with E-state index in [0.717, 1.165) is 41.0 Å². The Bertz CT molecular complexity index is 1950. The van der Waals surface area contributed by atoms with Crippen LogP contribution in [0.25, 0.3) is 55.8 Å². The van der Waals surface area contributed by atoms with Crippen molar-refractivity contribution >= 4 is 22.0 Å². The molecule has 1 aliphatic rings. The third-order valence-corrected chi connectivity index (χ3v) is 7.81. The SMILES string of the molecule is CC1NCC(C)n2nc(-c3nc(-c4ccc5c(c4)ncn5C)c4occc4c3-c3c(F)cc(F)cc3OCCO)cc21. The van der Waals surface area contributed by atoms with Gasteiger partial charge in [-0.15, -0.1) is 0 Å². The number of benzene rings is 2. The van der Waals surface area contributed by atoms with Crippen LogP contribution in [0.15, 0.2) is 59.5 Å². The standard InChI is InChI=1S/C31H28F2N6O3/c1-16-14-34-17(2)25-13-23(37-39(16)25)30-27(28-21(33)11-19(32)12-26(28)41-9-7-40)20-6-8-42-31(20)29(36-30)18-4-5-24-22(10-18)35-15-38(24)3/h4-6,8,10-13,15-17,34,40H,7,9,14H2,1-3H3. The minimum Gasteiger partial charge on any atom is -0.490 e. The summed E-state index contributed by atoms with van der Waals surface area (Å²) in [5.41, 5.74) is 5.73. The highest BCUT2D eigenvalue weighted by Gasteiger charge is 2.30. The zero-order chi connectivity index (χ0) is 29.1. The van der Waals surface area contributed by atoms with E-state index >= 15 is 4.39 Å². The number of aliphatic hydroxyl groups is 1. The van der Waals surface area contributed by atoms with Crippen molar-refractivity contribution in [3.63, 3.8) is 0 Å². The highest BCUT2D eigenvalue weighted by molar-refractivity contribution is 6.07. The molecule has 0 bridgehead atoms. The van der Waals surface area contributed by atoms with Crippen molar-refractivity contribution in [2.45, 2.75) is 25.9 Å². The van der Waals surface area contributed by atoms with Gasteiger partial charge in [-0.1, -0.05) is 6.07 Å². The molecular formula is C31H28F2N6O3. The van der Waals surface area contributed by atoms with Crippen molar-refractivity contribution < 1.29 is 23.0 Å². The minimum absolute atomic E-state index is 0.00988. The summed E-state index contributed by atoms with van der Waals surface area (Å²) in [4.78, 5) is 9.59. The molecule has 9 nitrogen and oxygen atoms in total. The van der Waals surface area contributed by atoms with E-state index in [-0.39, 0.29) is 36.6 Å². The molecule has 0 saturated heterocycles. The molecule has 2 unspecified atom stereocenters. The number of pyridine rings is 1. The van der Waals surface area contributed by atoms with Crippen LogP contribution in [0.2, 0.25) is 0 Å². The highest BCUT2D eigenvalue weighted by Crippen LogP contribution is 2.46. The predicted octanol–water partition coefficient (Wildman–Crippen LogP) is 5.79. The average Bonchev–Trinajstić information content (AvgIpc) is 3.72. The van der Waals surface area contributed by atoms with Crippen molar-refractivity contribution in [3.8, 4) is 39.5 Å². The second-order valence-corrected chi connectivity index (χ2v) is 10.6. The number of aromatic nitrogens is 5. The fourth-order valence-electron chi connectivity index (χ4n) is 5.75. The Balaban J connectivity index is 1.55. The summed E-state index contributed by atoms with van der Waals surface area (Å²) < 4.78 is 45.8. The van der Waals surface area contributed by atoms with Gasteiger partial charge in [-0.25, -0.2) is 18.7 Å². The van der Waals surface area contributed by atoms with Crippen LogP contribution in [0.4, 0.5) is 8.78 Å². The topological polar surface area (TPSA) is 103 Å². The van der Waals surface area contributed by atoms with Gasteiger partial charge < -0.3 is 24.1 Å². The van der Waals surface area contributed by atoms with Crippen molar-refractivity contribution in [2.24, 2.45) is 7.05 Å². The highest BCUT2D eigenvalue weighted by atomic mass is 19.1. The largest absolute Gasteiger partial charge is 0.490 e. The van der Waals surface area contributed by atoms with Crippen LogP contribution in [0.5, 0.6) is 5.75 Å². The molecule has 0 aliphatic carbocycles. The molecule has 2 N–H and O–H groups in total. The number of aryl methyl sites for hydroxylation is 1. The normalized spacial score (nSPS) is 16.8. The first-order chi connectivity index (χ1) is 20.3. The van der Waals surface area contributed by atoms with Gasteiger partial charge in [0, 0.05) is 48.3 Å². The van der Waals surface area contributed by atoms with E-state index in [9.17, 15) is 9.50 Å².